The molecule has 4 heteroatoms. The van der Waals surface area contributed by atoms with Gasteiger partial charge >= 0.3 is 0 Å². The monoisotopic (exact) mass is 200 g/mol. The third-order valence-electron chi connectivity index (χ3n) is 1.61. The lowest BCUT2D eigenvalue weighted by molar-refractivity contribution is 0.419. The number of benzene rings is 1. The molecule has 0 saturated heterocycles. The van der Waals surface area contributed by atoms with E-state index in [1.165, 1.54) is 0 Å². The Morgan fingerprint density at radius 3 is 2.75 bits per heavy atom. The number of hydrogen-bond donors (Lipinski definition) is 2. The lowest BCUT2D eigenvalue weighted by Crippen LogP contribution is -1.64. The van der Waals surface area contributed by atoms with Crippen LogP contribution in [0.5, 0.6) is 10.8 Å². The van der Waals surface area contributed by atoms with Crippen molar-refractivity contribution in [1.82, 2.24) is 0 Å². The summed E-state index contributed by atoms with van der Waals surface area (Å²) in [5, 5.41) is 19.6. The van der Waals surface area contributed by atoms with Crippen molar-refractivity contribution in [3.05, 3.63) is 23.2 Å². The number of rotatable bonds is 0. The van der Waals surface area contributed by atoms with Crippen molar-refractivity contribution in [3.8, 4) is 10.8 Å². The van der Waals surface area contributed by atoms with Gasteiger partial charge in [-0.3, -0.25) is 0 Å². The summed E-state index contributed by atoms with van der Waals surface area (Å²) in [6, 6.07) is 5.07. The highest BCUT2D eigenvalue weighted by Gasteiger charge is 2.09. The molecule has 0 fully saturated rings. The van der Waals surface area contributed by atoms with Crippen LogP contribution in [0.1, 0.15) is 0 Å². The molecule has 0 aliphatic rings. The molecule has 0 saturated carbocycles. The smallest absolute Gasteiger partial charge is 0.215 e. The Hall–Kier alpha value is -0.930. The van der Waals surface area contributed by atoms with Gasteiger partial charge in [0.2, 0.25) is 5.06 Å². The zero-order valence-electron chi connectivity index (χ0n) is 5.91. The minimum Gasteiger partial charge on any atom is -0.503 e. The van der Waals surface area contributed by atoms with Gasteiger partial charge in [0.05, 0.1) is 0 Å². The zero-order valence-corrected chi connectivity index (χ0v) is 7.49. The highest BCUT2D eigenvalue weighted by Crippen LogP contribution is 2.42. The summed E-state index contributed by atoms with van der Waals surface area (Å²) in [5.74, 6) is -0.0633. The summed E-state index contributed by atoms with van der Waals surface area (Å²) in [7, 11) is 0. The zero-order chi connectivity index (χ0) is 8.72. The molecule has 12 heavy (non-hydrogen) atoms. The standard InChI is InChI=1S/C8H5ClO2S/c9-4-1-2-5-6(3-4)12-8(11)7(5)10/h1-3,10-11H. The first-order chi connectivity index (χ1) is 5.68. The van der Waals surface area contributed by atoms with Gasteiger partial charge in [-0.05, 0) is 18.2 Å². The average Bonchev–Trinajstić information content (AvgIpc) is 2.28. The first kappa shape index (κ1) is 7.71. The predicted octanol–water partition coefficient (Wildman–Crippen LogP) is 2.97. The molecule has 0 spiro atoms. The fraction of sp³-hybridized carbons (Fsp3) is 0. The molecule has 2 aromatic rings. The Balaban J connectivity index is 2.87. The van der Waals surface area contributed by atoms with Crippen LogP contribution < -0.4 is 0 Å². The van der Waals surface area contributed by atoms with Gasteiger partial charge in [0.1, 0.15) is 0 Å². The number of halogens is 1. The topological polar surface area (TPSA) is 40.5 Å². The van der Waals surface area contributed by atoms with Crippen LogP contribution >= 0.6 is 22.9 Å². The van der Waals surface area contributed by atoms with Gasteiger partial charge in [0, 0.05) is 15.1 Å². The Bertz CT molecular complexity index is 436. The highest BCUT2D eigenvalue weighted by molar-refractivity contribution is 7.21. The molecule has 0 aliphatic carbocycles. The minimum atomic E-state index is -0.0633. The summed E-state index contributed by atoms with van der Waals surface area (Å²) in [5.41, 5.74) is 0. The third-order valence-corrected chi connectivity index (χ3v) is 2.79. The van der Waals surface area contributed by atoms with Gasteiger partial charge in [-0.2, -0.15) is 0 Å². The van der Waals surface area contributed by atoms with E-state index in [9.17, 15) is 5.11 Å². The fourth-order valence-corrected chi connectivity index (χ4v) is 2.16. The Labute approximate surface area is 77.6 Å². The van der Waals surface area contributed by atoms with Gasteiger partial charge in [0.15, 0.2) is 5.75 Å². The normalized spacial score (nSPS) is 10.8. The Morgan fingerprint density at radius 2 is 2.00 bits per heavy atom. The molecule has 0 radical (unpaired) electrons. The maximum absolute atomic E-state index is 9.31. The van der Waals surface area contributed by atoms with Crippen LogP contribution in [0.15, 0.2) is 18.2 Å². The molecule has 1 aromatic heterocycles. The maximum atomic E-state index is 9.31. The van der Waals surface area contributed by atoms with E-state index >= 15 is 0 Å². The van der Waals surface area contributed by atoms with Crippen LogP contribution in [0, 0.1) is 0 Å². The number of aromatic hydroxyl groups is 2. The van der Waals surface area contributed by atoms with Crippen LogP contribution in [0.3, 0.4) is 0 Å². The lowest BCUT2D eigenvalue weighted by atomic mass is 10.2. The largest absolute Gasteiger partial charge is 0.503 e. The first-order valence-corrected chi connectivity index (χ1v) is 4.48. The molecule has 1 aromatic carbocycles. The van der Waals surface area contributed by atoms with E-state index in [1.54, 1.807) is 18.2 Å². The van der Waals surface area contributed by atoms with Crippen molar-refractivity contribution in [3.63, 3.8) is 0 Å². The number of hydrogen-bond acceptors (Lipinski definition) is 3. The Kier molecular flexibility index (Phi) is 1.63. The molecule has 2 nitrogen and oxygen atoms in total. The summed E-state index contributed by atoms with van der Waals surface area (Å²) >= 11 is 6.84. The SMILES string of the molecule is Oc1sc2cc(Cl)ccc2c1O. The molecule has 0 unspecified atom stereocenters. The van der Waals surface area contributed by atoms with E-state index < -0.39 is 0 Å². The van der Waals surface area contributed by atoms with E-state index in [-0.39, 0.29) is 10.8 Å². The van der Waals surface area contributed by atoms with Gasteiger partial charge in [-0.1, -0.05) is 22.9 Å². The quantitative estimate of drug-likeness (QED) is 0.687. The number of fused-ring (bicyclic) bond motifs is 1. The van der Waals surface area contributed by atoms with Crippen molar-refractivity contribution < 1.29 is 10.2 Å². The van der Waals surface area contributed by atoms with Gasteiger partial charge < -0.3 is 10.2 Å². The maximum Gasteiger partial charge on any atom is 0.215 e. The van der Waals surface area contributed by atoms with E-state index in [1.807, 2.05) is 0 Å². The third kappa shape index (κ3) is 1.02. The molecule has 0 bridgehead atoms. The molecule has 0 aliphatic heterocycles. The van der Waals surface area contributed by atoms with Crippen molar-refractivity contribution in [2.75, 3.05) is 0 Å². The molecule has 2 N–H and O–H groups in total. The number of thiophene rings is 1. The van der Waals surface area contributed by atoms with Crippen molar-refractivity contribution in [2.45, 2.75) is 0 Å². The first-order valence-electron chi connectivity index (χ1n) is 3.28. The van der Waals surface area contributed by atoms with Gasteiger partial charge in [-0.25, -0.2) is 0 Å². The van der Waals surface area contributed by atoms with Crippen molar-refractivity contribution in [2.24, 2.45) is 0 Å². The van der Waals surface area contributed by atoms with E-state index in [4.69, 9.17) is 16.7 Å². The van der Waals surface area contributed by atoms with E-state index in [0.717, 1.165) is 16.0 Å². The average molecular weight is 201 g/mol. The van der Waals surface area contributed by atoms with E-state index in [0.29, 0.717) is 10.4 Å². The predicted molar refractivity (Wildman–Crippen MR) is 50.2 cm³/mol. The molecular formula is C8H5ClO2S. The summed E-state index contributed by atoms with van der Waals surface area (Å²) < 4.78 is 0.789. The summed E-state index contributed by atoms with van der Waals surface area (Å²) in [6.45, 7) is 0. The lowest BCUT2D eigenvalue weighted by Gasteiger charge is -1.90. The fourth-order valence-electron chi connectivity index (χ4n) is 1.04. The molecule has 2 rings (SSSR count). The molecular weight excluding hydrogens is 196 g/mol. The molecule has 0 amide bonds. The van der Waals surface area contributed by atoms with Crippen molar-refractivity contribution in [1.29, 1.82) is 0 Å². The van der Waals surface area contributed by atoms with Crippen LogP contribution in [-0.2, 0) is 0 Å². The van der Waals surface area contributed by atoms with E-state index in [2.05, 4.69) is 0 Å². The highest BCUT2D eigenvalue weighted by atomic mass is 35.5. The van der Waals surface area contributed by atoms with Crippen LogP contribution in [0.2, 0.25) is 5.02 Å². The van der Waals surface area contributed by atoms with Gasteiger partial charge in [0.25, 0.3) is 0 Å². The van der Waals surface area contributed by atoms with Crippen LogP contribution in [-0.4, -0.2) is 10.2 Å². The second kappa shape index (κ2) is 2.54. The molecule has 1 heterocycles. The Morgan fingerprint density at radius 1 is 1.25 bits per heavy atom. The molecule has 62 valence electrons. The summed E-state index contributed by atoms with van der Waals surface area (Å²) in [4.78, 5) is 0. The molecule has 0 atom stereocenters. The van der Waals surface area contributed by atoms with Gasteiger partial charge in [-0.15, -0.1) is 0 Å². The second-order valence-electron chi connectivity index (χ2n) is 2.40. The van der Waals surface area contributed by atoms with Crippen molar-refractivity contribution >= 4 is 33.0 Å². The minimum absolute atomic E-state index is 0.0627. The van der Waals surface area contributed by atoms with Crippen LogP contribution in [0.4, 0.5) is 0 Å². The van der Waals surface area contributed by atoms with Crippen LogP contribution in [0.25, 0.3) is 10.1 Å². The summed E-state index contributed by atoms with van der Waals surface area (Å²) in [6.07, 6.45) is 0. The second-order valence-corrected chi connectivity index (χ2v) is 3.86.